The van der Waals surface area contributed by atoms with Gasteiger partial charge in [-0.05, 0) is 37.1 Å². The Kier molecular flexibility index (Phi) is 5.96. The Hall–Kier alpha value is -3.65. The second-order valence-corrected chi connectivity index (χ2v) is 7.97. The number of primary amides is 1. The first-order valence-electron chi connectivity index (χ1n) is 10.3. The summed E-state index contributed by atoms with van der Waals surface area (Å²) in [7, 11) is 0. The van der Waals surface area contributed by atoms with E-state index in [0.29, 0.717) is 31.7 Å². The van der Waals surface area contributed by atoms with Gasteiger partial charge in [0, 0.05) is 31.0 Å². The van der Waals surface area contributed by atoms with Crippen LogP contribution in [0.25, 0.3) is 0 Å². The van der Waals surface area contributed by atoms with Crippen LogP contribution >= 0.6 is 0 Å². The maximum absolute atomic E-state index is 13.2. The maximum atomic E-state index is 13.2. The Morgan fingerprint density at radius 2 is 2.06 bits per heavy atom. The fraction of sp³-hybridized carbons (Fsp3) is 0.429. The van der Waals surface area contributed by atoms with E-state index in [9.17, 15) is 24.3 Å². The average Bonchev–Trinajstić information content (AvgIpc) is 3.44. The molecule has 10 nitrogen and oxygen atoms in total. The fourth-order valence-corrected chi connectivity index (χ4v) is 4.58. The number of amides is 2. The smallest absolute Gasteiger partial charge is 0.407 e. The molecule has 168 valence electrons. The lowest BCUT2D eigenvalue weighted by Crippen LogP contribution is -2.54. The van der Waals surface area contributed by atoms with Gasteiger partial charge in [0.25, 0.3) is 5.91 Å². The molecular formula is C21H23FN6O4. The molecular weight excluding hydrogens is 419 g/mol. The fourth-order valence-electron chi connectivity index (χ4n) is 4.58. The van der Waals surface area contributed by atoms with Crippen LogP contribution in [0.1, 0.15) is 29.2 Å². The Labute approximate surface area is 183 Å². The second kappa shape index (κ2) is 8.84. The van der Waals surface area contributed by atoms with Gasteiger partial charge in [-0.25, -0.2) is 9.18 Å². The number of hydrogen-bond acceptors (Lipinski definition) is 6. The summed E-state index contributed by atoms with van der Waals surface area (Å²) in [5.74, 6) is -1.71. The molecule has 4 atom stereocenters. The number of carboxylic acid groups (broad SMARTS) is 1. The third-order valence-electron chi connectivity index (χ3n) is 6.09. The van der Waals surface area contributed by atoms with Crippen LogP contribution in [0.2, 0.25) is 0 Å². The van der Waals surface area contributed by atoms with E-state index in [4.69, 9.17) is 10.5 Å². The van der Waals surface area contributed by atoms with E-state index in [1.807, 2.05) is 0 Å². The minimum absolute atomic E-state index is 0.0958. The summed E-state index contributed by atoms with van der Waals surface area (Å²) < 4.78 is 20.2. The number of hydrogen-bond donors (Lipinski definition) is 3. The predicted octanol–water partition coefficient (Wildman–Crippen LogP) is 2.33. The number of benzene rings is 1. The molecule has 2 unspecified atom stereocenters. The van der Waals surface area contributed by atoms with Gasteiger partial charge in [0.05, 0.1) is 30.7 Å². The molecule has 2 aromatic rings. The summed E-state index contributed by atoms with van der Waals surface area (Å²) in [4.78, 5) is 25.2. The highest BCUT2D eigenvalue weighted by molar-refractivity contribution is 5.98. The number of carbonyl (C=O) groups excluding carboxylic acids is 1. The molecule has 0 radical (unpaired) electrons. The van der Waals surface area contributed by atoms with Crippen molar-refractivity contribution in [3.8, 4) is 6.07 Å². The number of halogens is 1. The summed E-state index contributed by atoms with van der Waals surface area (Å²) in [5.41, 5.74) is 6.16. The quantitative estimate of drug-likeness (QED) is 0.644. The molecule has 3 heterocycles. The number of nitrogens with two attached hydrogens (primary N) is 1. The van der Waals surface area contributed by atoms with Crippen LogP contribution in [-0.4, -0.2) is 57.6 Å². The van der Waals surface area contributed by atoms with Crippen molar-refractivity contribution < 1.29 is 23.8 Å². The van der Waals surface area contributed by atoms with E-state index in [-0.39, 0.29) is 23.8 Å². The van der Waals surface area contributed by atoms with E-state index in [1.165, 1.54) is 40.0 Å². The molecule has 2 aliphatic rings. The predicted molar refractivity (Wildman–Crippen MR) is 111 cm³/mol. The molecule has 0 bridgehead atoms. The van der Waals surface area contributed by atoms with Gasteiger partial charge in [-0.2, -0.15) is 10.4 Å². The van der Waals surface area contributed by atoms with Crippen LogP contribution in [-0.2, 0) is 4.74 Å². The van der Waals surface area contributed by atoms with E-state index in [0.717, 1.165) is 0 Å². The summed E-state index contributed by atoms with van der Waals surface area (Å²) in [6.45, 7) is 1.14. The first-order chi connectivity index (χ1) is 15.4. The van der Waals surface area contributed by atoms with Crippen molar-refractivity contribution in [1.82, 2.24) is 14.7 Å². The van der Waals surface area contributed by atoms with E-state index >= 15 is 0 Å². The molecule has 1 aromatic heterocycles. The van der Waals surface area contributed by atoms with Crippen molar-refractivity contribution in [3.63, 3.8) is 0 Å². The lowest BCUT2D eigenvalue weighted by atomic mass is 9.78. The normalized spacial score (nSPS) is 25.3. The number of nitrogens with one attached hydrogen (secondary N) is 1. The van der Waals surface area contributed by atoms with Gasteiger partial charge in [-0.3, -0.25) is 9.48 Å². The molecule has 0 spiro atoms. The Bertz CT molecular complexity index is 1040. The molecule has 2 saturated heterocycles. The number of piperidine rings is 1. The summed E-state index contributed by atoms with van der Waals surface area (Å²) in [6.07, 6.45) is 1.42. The first kappa shape index (κ1) is 21.6. The van der Waals surface area contributed by atoms with Gasteiger partial charge in [0.1, 0.15) is 11.4 Å². The molecule has 2 amide bonds. The van der Waals surface area contributed by atoms with Gasteiger partial charge in [-0.1, -0.05) is 0 Å². The van der Waals surface area contributed by atoms with Crippen LogP contribution in [0.3, 0.4) is 0 Å². The molecule has 4 rings (SSSR count). The van der Waals surface area contributed by atoms with E-state index in [1.54, 1.807) is 0 Å². The molecule has 2 aliphatic heterocycles. The maximum Gasteiger partial charge on any atom is 0.407 e. The SMILES string of the molecule is N#C[C@H]1C(C2CCOC2)N(C(=O)O)CC[C@H]1n1cc(C(N)=O)c(Nc2ccc(F)cc2)n1. The van der Waals surface area contributed by atoms with Gasteiger partial charge >= 0.3 is 6.09 Å². The molecule has 0 aliphatic carbocycles. The van der Waals surface area contributed by atoms with Crippen molar-refractivity contribution >= 4 is 23.5 Å². The Morgan fingerprint density at radius 1 is 1.31 bits per heavy atom. The van der Waals surface area contributed by atoms with Crippen molar-refractivity contribution in [3.05, 3.63) is 41.8 Å². The van der Waals surface area contributed by atoms with Crippen LogP contribution in [0.5, 0.6) is 0 Å². The van der Waals surface area contributed by atoms with E-state index in [2.05, 4.69) is 16.5 Å². The molecule has 32 heavy (non-hydrogen) atoms. The highest BCUT2D eigenvalue weighted by Gasteiger charge is 2.46. The summed E-state index contributed by atoms with van der Waals surface area (Å²) in [5, 5.41) is 27.1. The summed E-state index contributed by atoms with van der Waals surface area (Å²) >= 11 is 0. The van der Waals surface area contributed by atoms with Gasteiger partial charge < -0.3 is 25.8 Å². The monoisotopic (exact) mass is 442 g/mol. The molecule has 11 heteroatoms. The van der Waals surface area contributed by atoms with Crippen molar-refractivity contribution in [2.75, 3.05) is 25.1 Å². The highest BCUT2D eigenvalue weighted by atomic mass is 19.1. The third-order valence-corrected chi connectivity index (χ3v) is 6.09. The van der Waals surface area contributed by atoms with Gasteiger partial charge in [0.15, 0.2) is 5.82 Å². The zero-order valence-electron chi connectivity index (χ0n) is 17.1. The number of ether oxygens (including phenoxy) is 1. The average molecular weight is 442 g/mol. The standard InChI is InChI=1S/C21H23FN6O4/c22-13-1-3-14(4-2-13)25-20-16(19(24)29)10-28(26-20)17-5-7-27(21(30)31)18(15(17)9-23)12-6-8-32-11-12/h1-4,10,12,15,17-18H,5-8,11H2,(H2,24,29)(H,25,26)(H,30,31)/t12?,15-,17-,18?/m1/s1. The molecule has 4 N–H and O–H groups in total. The number of anilines is 2. The topological polar surface area (TPSA) is 146 Å². The number of aromatic nitrogens is 2. The summed E-state index contributed by atoms with van der Waals surface area (Å²) in [6, 6.07) is 6.81. The third kappa shape index (κ3) is 4.09. The van der Waals surface area contributed by atoms with Crippen LogP contribution < -0.4 is 11.1 Å². The molecule has 2 fully saturated rings. The van der Waals surface area contributed by atoms with Crippen molar-refractivity contribution in [2.24, 2.45) is 17.6 Å². The Morgan fingerprint density at radius 3 is 2.66 bits per heavy atom. The zero-order chi connectivity index (χ0) is 22.8. The lowest BCUT2D eigenvalue weighted by Gasteiger charge is -2.43. The van der Waals surface area contributed by atoms with Crippen LogP contribution in [0.15, 0.2) is 30.5 Å². The van der Waals surface area contributed by atoms with Crippen molar-refractivity contribution in [2.45, 2.75) is 24.9 Å². The number of likely N-dealkylation sites (tertiary alicyclic amines) is 1. The number of nitrogens with zero attached hydrogens (tertiary/aromatic N) is 4. The number of rotatable bonds is 5. The van der Waals surface area contributed by atoms with Crippen LogP contribution in [0, 0.1) is 29.0 Å². The number of carbonyl (C=O) groups is 2. The zero-order valence-corrected chi connectivity index (χ0v) is 17.1. The second-order valence-electron chi connectivity index (χ2n) is 7.97. The number of nitriles is 1. The van der Waals surface area contributed by atoms with Gasteiger partial charge in [0.2, 0.25) is 0 Å². The minimum atomic E-state index is -1.07. The molecule has 1 aromatic carbocycles. The van der Waals surface area contributed by atoms with Crippen molar-refractivity contribution in [1.29, 1.82) is 5.26 Å². The van der Waals surface area contributed by atoms with Crippen LogP contribution in [0.4, 0.5) is 20.7 Å². The molecule has 0 saturated carbocycles. The van der Waals surface area contributed by atoms with E-state index < -0.39 is 35.8 Å². The first-order valence-corrected chi connectivity index (χ1v) is 10.3. The highest BCUT2D eigenvalue weighted by Crippen LogP contribution is 2.39. The Balaban J connectivity index is 1.67. The minimum Gasteiger partial charge on any atom is -0.465 e. The lowest BCUT2D eigenvalue weighted by molar-refractivity contribution is 0.0351. The van der Waals surface area contributed by atoms with Gasteiger partial charge in [-0.15, -0.1) is 0 Å². The largest absolute Gasteiger partial charge is 0.465 e.